The van der Waals surface area contributed by atoms with Gasteiger partial charge in [-0.25, -0.2) is 0 Å². The van der Waals surface area contributed by atoms with Gasteiger partial charge in [-0.05, 0) is 43.3 Å². The smallest absolute Gasteiger partial charge is 0.161 e. The highest BCUT2D eigenvalue weighted by Crippen LogP contribution is 2.30. The fourth-order valence-electron chi connectivity index (χ4n) is 3.65. The molecule has 0 aliphatic carbocycles. The van der Waals surface area contributed by atoms with Crippen LogP contribution in [-0.4, -0.2) is 65.0 Å². The Kier molecular flexibility index (Phi) is 7.93. The van der Waals surface area contributed by atoms with Gasteiger partial charge in [0.05, 0.1) is 40.6 Å². The zero-order valence-electron chi connectivity index (χ0n) is 17.9. The lowest BCUT2D eigenvalue weighted by molar-refractivity contribution is -0.937. The van der Waals surface area contributed by atoms with Crippen LogP contribution in [0.25, 0.3) is 0 Å². The second-order valence-corrected chi connectivity index (χ2v) is 7.09. The first kappa shape index (κ1) is 21.9. The number of ether oxygens (including phenoxy) is 4. The topological polar surface area (TPSA) is 74.0 Å². The summed E-state index contributed by atoms with van der Waals surface area (Å²) in [6.07, 6.45) is 1.70. The number of phenols is 1. The van der Waals surface area contributed by atoms with Gasteiger partial charge in [0.15, 0.2) is 11.5 Å². The number of benzene rings is 2. The van der Waals surface area contributed by atoms with Crippen molar-refractivity contribution in [1.82, 2.24) is 0 Å². The molecule has 7 heteroatoms. The second-order valence-electron chi connectivity index (χ2n) is 7.09. The highest BCUT2D eigenvalue weighted by atomic mass is 16.5. The lowest BCUT2D eigenvalue weighted by atomic mass is 10.0. The van der Waals surface area contributed by atoms with Crippen LogP contribution in [0.2, 0.25) is 0 Å². The van der Waals surface area contributed by atoms with E-state index >= 15 is 0 Å². The van der Waals surface area contributed by atoms with E-state index in [1.165, 1.54) is 4.90 Å². The van der Waals surface area contributed by atoms with Crippen molar-refractivity contribution < 1.29 is 29.0 Å². The lowest BCUT2D eigenvalue weighted by Gasteiger charge is -2.31. The number of morpholine rings is 1. The molecule has 0 aromatic heterocycles. The summed E-state index contributed by atoms with van der Waals surface area (Å²) in [5, 5.41) is 10.1. The molecule has 0 saturated carbocycles. The van der Waals surface area contributed by atoms with E-state index < -0.39 is 0 Å². The van der Waals surface area contributed by atoms with Crippen molar-refractivity contribution in [3.63, 3.8) is 0 Å². The van der Waals surface area contributed by atoms with Crippen LogP contribution in [0.4, 0.5) is 0 Å². The van der Waals surface area contributed by atoms with Gasteiger partial charge < -0.3 is 29.0 Å². The molecule has 1 saturated heterocycles. The van der Waals surface area contributed by atoms with Gasteiger partial charge in [0.1, 0.15) is 30.6 Å². The van der Waals surface area contributed by atoms with Gasteiger partial charge in [-0.3, -0.25) is 4.99 Å². The van der Waals surface area contributed by atoms with E-state index in [0.717, 1.165) is 43.4 Å². The summed E-state index contributed by atoms with van der Waals surface area (Å²) >= 11 is 0. The van der Waals surface area contributed by atoms with Crippen LogP contribution in [-0.2, 0) is 4.74 Å². The molecule has 1 aliphatic heterocycles. The molecule has 1 atom stereocenters. The molecule has 1 aliphatic rings. The molecule has 2 aromatic rings. The molecule has 162 valence electrons. The van der Waals surface area contributed by atoms with Gasteiger partial charge in [0, 0.05) is 17.3 Å². The van der Waals surface area contributed by atoms with Gasteiger partial charge in [0.2, 0.25) is 0 Å². The lowest BCUT2D eigenvalue weighted by Crippen LogP contribution is -3.14. The van der Waals surface area contributed by atoms with Crippen molar-refractivity contribution >= 4 is 6.21 Å². The minimum absolute atomic E-state index is 0.141. The molecule has 0 bridgehead atoms. The first-order valence-electron chi connectivity index (χ1n) is 10.3. The molecule has 1 heterocycles. The Morgan fingerprint density at radius 1 is 1.10 bits per heavy atom. The Balaban J connectivity index is 1.84. The molecule has 2 N–H and O–H groups in total. The second kappa shape index (κ2) is 10.8. The molecule has 0 radical (unpaired) electrons. The summed E-state index contributed by atoms with van der Waals surface area (Å²) in [5.41, 5.74) is 1.77. The molecule has 0 amide bonds. The van der Waals surface area contributed by atoms with Crippen LogP contribution in [0.1, 0.15) is 24.1 Å². The van der Waals surface area contributed by atoms with Crippen LogP contribution in [0, 0.1) is 0 Å². The monoisotopic (exact) mass is 415 g/mol. The molecule has 1 fully saturated rings. The SMILES string of the molecule is CCOc1ccc([C@@H](CN=Cc2cc(OC)ccc2O)[NH+]2CCOCC2)cc1OC. The molecule has 0 unspecified atom stereocenters. The third-order valence-corrected chi connectivity index (χ3v) is 5.27. The molecule has 30 heavy (non-hydrogen) atoms. The summed E-state index contributed by atoms with van der Waals surface area (Å²) < 4.78 is 22.0. The van der Waals surface area contributed by atoms with Gasteiger partial charge in [0.25, 0.3) is 0 Å². The normalized spacial score (nSPS) is 15.8. The molecule has 2 aromatic carbocycles. The van der Waals surface area contributed by atoms with Crippen molar-refractivity contribution in [1.29, 1.82) is 0 Å². The average Bonchev–Trinajstić information content (AvgIpc) is 2.79. The number of methoxy groups -OCH3 is 2. The van der Waals surface area contributed by atoms with Crippen molar-refractivity contribution in [2.24, 2.45) is 4.99 Å². The van der Waals surface area contributed by atoms with E-state index in [1.807, 2.05) is 19.1 Å². The van der Waals surface area contributed by atoms with Gasteiger partial charge >= 0.3 is 0 Å². The highest BCUT2D eigenvalue weighted by Gasteiger charge is 2.27. The predicted octanol–water partition coefficient (Wildman–Crippen LogP) is 1.88. The molecule has 7 nitrogen and oxygen atoms in total. The molecule has 0 spiro atoms. The van der Waals surface area contributed by atoms with Crippen LogP contribution < -0.4 is 19.1 Å². The van der Waals surface area contributed by atoms with E-state index in [2.05, 4.69) is 11.1 Å². The van der Waals surface area contributed by atoms with Crippen LogP contribution >= 0.6 is 0 Å². The fourth-order valence-corrected chi connectivity index (χ4v) is 3.65. The number of nitrogens with one attached hydrogen (secondary N) is 1. The maximum absolute atomic E-state index is 10.1. The van der Waals surface area contributed by atoms with E-state index in [9.17, 15) is 5.11 Å². The summed E-state index contributed by atoms with van der Waals surface area (Å²) in [7, 11) is 3.26. The number of quaternary nitrogens is 1. The third kappa shape index (κ3) is 5.43. The van der Waals surface area contributed by atoms with Crippen LogP contribution in [0.5, 0.6) is 23.0 Å². The third-order valence-electron chi connectivity index (χ3n) is 5.27. The Morgan fingerprint density at radius 3 is 2.60 bits per heavy atom. The van der Waals surface area contributed by atoms with Gasteiger partial charge in [-0.2, -0.15) is 0 Å². The number of aromatic hydroxyl groups is 1. The number of hydrogen-bond acceptors (Lipinski definition) is 6. The van der Waals surface area contributed by atoms with Crippen LogP contribution in [0.15, 0.2) is 41.4 Å². The summed E-state index contributed by atoms with van der Waals surface area (Å²) in [6.45, 7) is 6.42. The number of hydrogen-bond donors (Lipinski definition) is 2. The zero-order chi connectivity index (χ0) is 21.3. The molecular formula is C23H31N2O5+. The van der Waals surface area contributed by atoms with Gasteiger partial charge in [-0.1, -0.05) is 0 Å². The number of nitrogens with zero attached hydrogens (tertiary/aromatic N) is 1. The maximum Gasteiger partial charge on any atom is 0.161 e. The number of phenolic OH excluding ortho intramolecular Hbond substituents is 1. The van der Waals surface area contributed by atoms with Crippen molar-refractivity contribution in [2.75, 3.05) is 53.7 Å². The van der Waals surface area contributed by atoms with Crippen molar-refractivity contribution in [3.05, 3.63) is 47.5 Å². The average molecular weight is 416 g/mol. The Labute approximate surface area is 177 Å². The first-order valence-corrected chi connectivity index (χ1v) is 10.3. The fraction of sp³-hybridized carbons (Fsp3) is 0.435. The maximum atomic E-state index is 10.1. The quantitative estimate of drug-likeness (QED) is 0.612. The van der Waals surface area contributed by atoms with Gasteiger partial charge in [-0.15, -0.1) is 0 Å². The first-order chi connectivity index (χ1) is 14.7. The molecular weight excluding hydrogens is 384 g/mol. The summed E-state index contributed by atoms with van der Waals surface area (Å²) in [4.78, 5) is 6.09. The van der Waals surface area contributed by atoms with Crippen molar-refractivity contribution in [3.8, 4) is 23.0 Å². The Bertz CT molecular complexity index is 849. The number of rotatable bonds is 9. The Hall–Kier alpha value is -2.77. The summed E-state index contributed by atoms with van der Waals surface area (Å²) in [5.74, 6) is 2.32. The number of aliphatic imine (C=N–C) groups is 1. The van der Waals surface area contributed by atoms with E-state index in [-0.39, 0.29) is 11.8 Å². The van der Waals surface area contributed by atoms with Crippen LogP contribution in [0.3, 0.4) is 0 Å². The minimum Gasteiger partial charge on any atom is -0.507 e. The highest BCUT2D eigenvalue weighted by molar-refractivity contribution is 5.84. The van der Waals surface area contributed by atoms with E-state index in [1.54, 1.807) is 38.6 Å². The minimum atomic E-state index is 0.141. The Morgan fingerprint density at radius 2 is 1.90 bits per heavy atom. The largest absolute Gasteiger partial charge is 0.507 e. The van der Waals surface area contributed by atoms with Crippen molar-refractivity contribution in [2.45, 2.75) is 13.0 Å². The predicted molar refractivity (Wildman–Crippen MR) is 116 cm³/mol. The van der Waals surface area contributed by atoms with E-state index in [4.69, 9.17) is 18.9 Å². The molecule has 3 rings (SSSR count). The summed E-state index contributed by atoms with van der Waals surface area (Å²) in [6, 6.07) is 11.3. The zero-order valence-corrected chi connectivity index (χ0v) is 17.9. The standard InChI is InChI=1S/C23H30N2O5/c1-4-30-22-8-5-17(14-23(22)28-3)20(25-9-11-29-12-10-25)16-24-15-18-13-19(27-2)6-7-21(18)26/h5-8,13-15,20,26H,4,9-12,16H2,1-3H3/p+1/t20-/m1/s1. The van der Waals surface area contributed by atoms with E-state index in [0.29, 0.717) is 24.5 Å².